The summed E-state index contributed by atoms with van der Waals surface area (Å²) < 4.78 is 0. The molecule has 0 bridgehead atoms. The lowest BCUT2D eigenvalue weighted by Crippen LogP contribution is -2.56. The van der Waals surface area contributed by atoms with Crippen LogP contribution in [0.15, 0.2) is 85.5 Å². The van der Waals surface area contributed by atoms with Crippen molar-refractivity contribution in [3.05, 3.63) is 108 Å². The smallest absolute Gasteiger partial charge is 0.226 e. The van der Waals surface area contributed by atoms with Crippen molar-refractivity contribution in [1.82, 2.24) is 14.9 Å². The minimum Gasteiger partial charge on any atom is -0.368 e. The molecule has 0 N–H and O–H groups in total. The molecule has 1 amide bonds. The van der Waals surface area contributed by atoms with Crippen LogP contribution in [-0.2, 0) is 16.0 Å². The number of amides is 1. The van der Waals surface area contributed by atoms with Crippen molar-refractivity contribution < 1.29 is 9.59 Å². The molecule has 3 saturated carbocycles. The highest BCUT2D eigenvalue weighted by atomic mass is 16.2. The van der Waals surface area contributed by atoms with Gasteiger partial charge in [-0.1, -0.05) is 36.4 Å². The lowest BCUT2D eigenvalue weighted by Gasteiger charge is -2.43. The molecule has 5 aliphatic carbocycles. The number of nitriles is 1. The van der Waals surface area contributed by atoms with Gasteiger partial charge in [-0.2, -0.15) is 5.26 Å². The second-order valence-corrected chi connectivity index (χ2v) is 15.3. The summed E-state index contributed by atoms with van der Waals surface area (Å²) in [5, 5.41) is 13.2. The largest absolute Gasteiger partial charge is 0.368 e. The lowest BCUT2D eigenvalue weighted by molar-refractivity contribution is -0.135. The highest BCUT2D eigenvalue weighted by Gasteiger charge is 2.44. The summed E-state index contributed by atoms with van der Waals surface area (Å²) in [4.78, 5) is 38.9. The Morgan fingerprint density at radius 3 is 2.57 bits per heavy atom. The molecule has 2 aromatic carbocycles. The number of benzene rings is 2. The van der Waals surface area contributed by atoms with Crippen LogP contribution < -0.4 is 4.90 Å². The van der Waals surface area contributed by atoms with Gasteiger partial charge in [-0.15, -0.1) is 0 Å². The fourth-order valence-electron chi connectivity index (χ4n) is 8.80. The van der Waals surface area contributed by atoms with Crippen LogP contribution in [0.25, 0.3) is 27.1 Å². The molecule has 7 nitrogen and oxygen atoms in total. The maximum Gasteiger partial charge on any atom is 0.226 e. The van der Waals surface area contributed by atoms with Crippen LogP contribution in [0.3, 0.4) is 0 Å². The third kappa shape index (κ3) is 5.95. The average molecular weight is 674 g/mol. The maximum absolute atomic E-state index is 13.1. The van der Waals surface area contributed by atoms with Crippen LogP contribution in [0, 0.1) is 29.1 Å². The number of hydrogen-bond acceptors (Lipinski definition) is 6. The number of allylic oxidation sites excluding steroid dienone is 5. The normalized spacial score (nSPS) is 22.5. The van der Waals surface area contributed by atoms with Gasteiger partial charge in [-0.25, -0.2) is 0 Å². The number of anilines is 1. The molecule has 0 radical (unpaired) electrons. The maximum atomic E-state index is 13.1. The van der Waals surface area contributed by atoms with Crippen molar-refractivity contribution >= 4 is 44.5 Å². The quantitative estimate of drug-likeness (QED) is 0.192. The summed E-state index contributed by atoms with van der Waals surface area (Å²) in [5.74, 6) is 2.08. The van der Waals surface area contributed by atoms with Crippen molar-refractivity contribution in [2.75, 3.05) is 24.5 Å². The summed E-state index contributed by atoms with van der Waals surface area (Å²) in [6.45, 7) is 6.54. The Morgan fingerprint density at radius 2 is 1.80 bits per heavy atom. The van der Waals surface area contributed by atoms with Crippen molar-refractivity contribution in [2.24, 2.45) is 17.8 Å². The summed E-state index contributed by atoms with van der Waals surface area (Å²) >= 11 is 0. The molecule has 3 heterocycles. The molecule has 51 heavy (non-hydrogen) atoms. The highest BCUT2D eigenvalue weighted by molar-refractivity contribution is 6.02. The van der Waals surface area contributed by atoms with Crippen molar-refractivity contribution in [3.63, 3.8) is 0 Å². The lowest BCUT2D eigenvalue weighted by atomic mass is 9.72. The van der Waals surface area contributed by atoms with Gasteiger partial charge in [0.25, 0.3) is 0 Å². The monoisotopic (exact) mass is 673 g/mol. The summed E-state index contributed by atoms with van der Waals surface area (Å²) in [6.07, 6.45) is 22.6. The van der Waals surface area contributed by atoms with Gasteiger partial charge in [-0.05, 0) is 127 Å². The standard InChI is InChI=1S/C35H38N2O2.C9H5N3/c1-2-34(38)32-19-31-27(25-5-3-4-6-26(25)32)13-14-28-29(21-7-8-21)17-24(18-30(28)31)36-15-16-37(35(39)23-11-12-23)33(20-36)22-9-10-22;10-3-8-5-12-4-7-1-2-11-6-9(7)8/h2-3,5,13-14,17-18,21-23,32-33H,1,4,6-12,15-16,19-20H2;1-2,4-6H/t32-,33?;/m1./s1. The first kappa shape index (κ1) is 31.9. The average Bonchev–Trinajstić information content (AvgIpc) is 4.03. The van der Waals surface area contributed by atoms with E-state index >= 15 is 0 Å². The molecule has 1 saturated heterocycles. The zero-order valence-corrected chi connectivity index (χ0v) is 29.1. The minimum absolute atomic E-state index is 0.0928. The Hall–Kier alpha value is -5.09. The molecule has 6 aliphatic rings. The van der Waals surface area contributed by atoms with E-state index in [1.54, 1.807) is 24.8 Å². The second-order valence-electron chi connectivity index (χ2n) is 15.3. The van der Waals surface area contributed by atoms with E-state index in [-0.39, 0.29) is 11.7 Å². The van der Waals surface area contributed by atoms with E-state index in [0.717, 1.165) is 62.5 Å². The van der Waals surface area contributed by atoms with Gasteiger partial charge >= 0.3 is 0 Å². The fraction of sp³-hybridized carbons (Fsp3) is 0.386. The minimum atomic E-state index is -0.0928. The van der Waals surface area contributed by atoms with Crippen LogP contribution in [0.2, 0.25) is 0 Å². The number of carbonyl (C=O) groups excluding carboxylic acids is 2. The Labute approximate surface area is 299 Å². The molecule has 0 spiro atoms. The molecule has 4 fully saturated rings. The van der Waals surface area contributed by atoms with Gasteiger partial charge in [0.05, 0.1) is 11.6 Å². The zero-order chi connectivity index (χ0) is 34.6. The van der Waals surface area contributed by atoms with E-state index in [1.807, 2.05) is 6.07 Å². The first-order valence-electron chi connectivity index (χ1n) is 18.8. The summed E-state index contributed by atoms with van der Waals surface area (Å²) in [6, 6.07) is 13.8. The van der Waals surface area contributed by atoms with Crippen molar-refractivity contribution in [2.45, 2.75) is 69.7 Å². The first-order chi connectivity index (χ1) is 25.0. The van der Waals surface area contributed by atoms with Gasteiger partial charge in [0.2, 0.25) is 5.91 Å². The zero-order valence-electron chi connectivity index (χ0n) is 29.1. The summed E-state index contributed by atoms with van der Waals surface area (Å²) in [5.41, 5.74) is 8.59. The number of hydrogen-bond donors (Lipinski definition) is 0. The van der Waals surface area contributed by atoms with Crippen LogP contribution in [0.5, 0.6) is 0 Å². The summed E-state index contributed by atoms with van der Waals surface area (Å²) in [7, 11) is 0. The van der Waals surface area contributed by atoms with Crippen molar-refractivity contribution in [1.29, 1.82) is 5.26 Å². The van der Waals surface area contributed by atoms with Gasteiger partial charge in [0.15, 0.2) is 5.78 Å². The van der Waals surface area contributed by atoms with Crippen LogP contribution >= 0.6 is 0 Å². The van der Waals surface area contributed by atoms with Gasteiger partial charge < -0.3 is 9.80 Å². The molecular formula is C44H43N5O2. The number of pyridine rings is 2. The van der Waals surface area contributed by atoms with E-state index in [1.165, 1.54) is 76.1 Å². The molecule has 10 rings (SSSR count). The third-order valence-electron chi connectivity index (χ3n) is 12.0. The van der Waals surface area contributed by atoms with E-state index < -0.39 is 0 Å². The Balaban J connectivity index is 0.000000246. The molecule has 256 valence electrons. The predicted molar refractivity (Wildman–Crippen MR) is 201 cm³/mol. The number of piperazine rings is 1. The highest BCUT2D eigenvalue weighted by Crippen LogP contribution is 2.49. The Bertz CT molecular complexity index is 2190. The number of rotatable bonds is 6. The molecule has 2 atom stereocenters. The molecule has 7 heteroatoms. The molecule has 4 aromatic rings. The van der Waals surface area contributed by atoms with E-state index in [9.17, 15) is 9.59 Å². The number of fused-ring (bicyclic) bond motifs is 5. The van der Waals surface area contributed by atoms with Crippen LogP contribution in [-0.4, -0.2) is 52.2 Å². The van der Waals surface area contributed by atoms with Crippen LogP contribution in [0.1, 0.15) is 79.5 Å². The SMILES string of the molecule is C=CC(=O)[C@@H]1Cc2c(ccc3c(C4CC4)cc(N4CCN(C(=O)C5CC5)C(C5CC5)C4)cc23)C2=C1CCC=C2.N#Cc1cncc2ccncc12. The number of ketones is 1. The Morgan fingerprint density at radius 1 is 0.941 bits per heavy atom. The number of aromatic nitrogens is 2. The predicted octanol–water partition coefficient (Wildman–Crippen LogP) is 8.09. The number of carbonyl (C=O) groups is 2. The fourth-order valence-corrected chi connectivity index (χ4v) is 8.80. The van der Waals surface area contributed by atoms with E-state index in [0.29, 0.717) is 35.3 Å². The first-order valence-corrected chi connectivity index (χ1v) is 18.8. The molecule has 1 unspecified atom stereocenters. The molecule has 2 aromatic heterocycles. The van der Waals surface area contributed by atoms with Gasteiger partial charge in [-0.3, -0.25) is 19.6 Å². The van der Waals surface area contributed by atoms with Crippen LogP contribution in [0.4, 0.5) is 5.69 Å². The van der Waals surface area contributed by atoms with E-state index in [2.05, 4.69) is 68.8 Å². The van der Waals surface area contributed by atoms with Gasteiger partial charge in [0, 0.05) is 72.7 Å². The van der Waals surface area contributed by atoms with Crippen molar-refractivity contribution in [3.8, 4) is 6.07 Å². The Kier molecular flexibility index (Phi) is 8.06. The topological polar surface area (TPSA) is 90.2 Å². The third-order valence-corrected chi connectivity index (χ3v) is 12.0. The van der Waals surface area contributed by atoms with Gasteiger partial charge in [0.1, 0.15) is 6.07 Å². The van der Waals surface area contributed by atoms with E-state index in [4.69, 9.17) is 5.26 Å². The number of nitrogens with zero attached hydrogens (tertiary/aromatic N) is 5. The second kappa shape index (κ2) is 12.9. The molecule has 1 aliphatic heterocycles. The molecular weight excluding hydrogens is 631 g/mol.